The second kappa shape index (κ2) is 6.64. The Hall–Kier alpha value is -1.89. The van der Waals surface area contributed by atoms with E-state index in [0.717, 1.165) is 23.7 Å². The van der Waals surface area contributed by atoms with Crippen LogP contribution in [-0.2, 0) is 0 Å². The monoisotopic (exact) mass is 234 g/mol. The number of benzene rings is 1. The highest BCUT2D eigenvalue weighted by Crippen LogP contribution is 2.32. The molecule has 0 fully saturated rings. The number of hydrogen-bond donors (Lipinski definition) is 0. The maximum Gasteiger partial charge on any atom is 0.142 e. The summed E-state index contributed by atoms with van der Waals surface area (Å²) >= 11 is 0. The molecule has 0 unspecified atom stereocenters. The lowest BCUT2D eigenvalue weighted by atomic mass is 10.2. The molecule has 0 aliphatic heterocycles. The van der Waals surface area contributed by atoms with Gasteiger partial charge in [-0.1, -0.05) is 0 Å². The average Bonchev–Trinajstić information content (AvgIpc) is 2.39. The molecule has 0 aliphatic carbocycles. The average molecular weight is 234 g/mol. The first-order valence-electron chi connectivity index (χ1n) is 5.60. The van der Waals surface area contributed by atoms with E-state index in [4.69, 9.17) is 14.7 Å². The van der Waals surface area contributed by atoms with E-state index in [0.29, 0.717) is 13.0 Å². The highest BCUT2D eigenvalue weighted by atomic mass is 16.5. The van der Waals surface area contributed by atoms with Gasteiger partial charge in [-0.3, -0.25) is 0 Å². The van der Waals surface area contributed by atoms with Crippen LogP contribution < -0.4 is 14.4 Å². The van der Waals surface area contributed by atoms with Crippen molar-refractivity contribution in [1.29, 1.82) is 5.26 Å². The fourth-order valence-corrected chi connectivity index (χ4v) is 1.68. The quantitative estimate of drug-likeness (QED) is 0.758. The van der Waals surface area contributed by atoms with Crippen molar-refractivity contribution in [2.75, 3.05) is 32.2 Å². The first-order valence-corrected chi connectivity index (χ1v) is 5.60. The highest BCUT2D eigenvalue weighted by molar-refractivity contribution is 5.61. The van der Waals surface area contributed by atoms with Gasteiger partial charge in [0.1, 0.15) is 11.5 Å². The number of hydrogen-bond acceptors (Lipinski definition) is 4. The van der Waals surface area contributed by atoms with Gasteiger partial charge in [-0.2, -0.15) is 5.26 Å². The molecule has 0 aromatic heterocycles. The van der Waals surface area contributed by atoms with E-state index in [1.807, 2.05) is 18.2 Å². The molecule has 0 saturated carbocycles. The Balaban J connectivity index is 3.02. The maximum absolute atomic E-state index is 8.65. The van der Waals surface area contributed by atoms with E-state index in [1.165, 1.54) is 0 Å². The Morgan fingerprint density at radius 1 is 1.29 bits per heavy atom. The molecule has 0 aliphatic rings. The molecule has 92 valence electrons. The third-order valence-corrected chi connectivity index (χ3v) is 2.60. The zero-order valence-corrected chi connectivity index (χ0v) is 10.6. The van der Waals surface area contributed by atoms with E-state index in [2.05, 4.69) is 17.9 Å². The molecular weight excluding hydrogens is 216 g/mol. The number of rotatable bonds is 6. The van der Waals surface area contributed by atoms with Crippen LogP contribution >= 0.6 is 0 Å². The minimum Gasteiger partial charge on any atom is -0.497 e. The van der Waals surface area contributed by atoms with Gasteiger partial charge in [0, 0.05) is 19.2 Å². The molecule has 0 bridgehead atoms. The molecule has 0 amide bonds. The molecule has 0 heterocycles. The lowest BCUT2D eigenvalue weighted by Gasteiger charge is -2.24. The highest BCUT2D eigenvalue weighted by Gasteiger charge is 2.11. The number of methoxy groups -OCH3 is 2. The summed E-state index contributed by atoms with van der Waals surface area (Å²) in [7, 11) is 3.28. The first-order chi connectivity index (χ1) is 8.26. The summed E-state index contributed by atoms with van der Waals surface area (Å²) in [6.07, 6.45) is 0.494. The molecule has 1 aromatic rings. The lowest BCUT2D eigenvalue weighted by molar-refractivity contribution is 0.403. The van der Waals surface area contributed by atoms with Crippen molar-refractivity contribution in [3.8, 4) is 17.6 Å². The Kier molecular flexibility index (Phi) is 5.15. The minimum atomic E-state index is 0.494. The molecule has 0 N–H and O–H groups in total. The van der Waals surface area contributed by atoms with Crippen molar-refractivity contribution >= 4 is 5.69 Å². The first kappa shape index (κ1) is 13.2. The predicted octanol–water partition coefficient (Wildman–Crippen LogP) is 2.44. The summed E-state index contributed by atoms with van der Waals surface area (Å²) in [5, 5.41) is 8.65. The van der Waals surface area contributed by atoms with E-state index in [-0.39, 0.29) is 0 Å². The molecule has 0 atom stereocenters. The maximum atomic E-state index is 8.65. The van der Waals surface area contributed by atoms with Gasteiger partial charge in [0.25, 0.3) is 0 Å². The molecule has 17 heavy (non-hydrogen) atoms. The second-order valence-corrected chi connectivity index (χ2v) is 3.53. The number of nitriles is 1. The summed E-state index contributed by atoms with van der Waals surface area (Å²) in [4.78, 5) is 2.10. The van der Waals surface area contributed by atoms with Crippen LogP contribution in [0.15, 0.2) is 18.2 Å². The zero-order valence-electron chi connectivity index (χ0n) is 10.6. The smallest absolute Gasteiger partial charge is 0.142 e. The Morgan fingerprint density at radius 2 is 2.06 bits per heavy atom. The van der Waals surface area contributed by atoms with Crippen molar-refractivity contribution in [1.82, 2.24) is 0 Å². The van der Waals surface area contributed by atoms with Crippen molar-refractivity contribution in [3.63, 3.8) is 0 Å². The van der Waals surface area contributed by atoms with Crippen LogP contribution in [0.25, 0.3) is 0 Å². The van der Waals surface area contributed by atoms with E-state index in [9.17, 15) is 0 Å². The van der Waals surface area contributed by atoms with Gasteiger partial charge >= 0.3 is 0 Å². The van der Waals surface area contributed by atoms with Crippen LogP contribution in [0.4, 0.5) is 5.69 Å². The predicted molar refractivity (Wildman–Crippen MR) is 67.7 cm³/mol. The third kappa shape index (κ3) is 3.28. The van der Waals surface area contributed by atoms with E-state index in [1.54, 1.807) is 14.2 Å². The number of anilines is 1. The van der Waals surface area contributed by atoms with Crippen LogP contribution in [0, 0.1) is 11.3 Å². The van der Waals surface area contributed by atoms with Gasteiger partial charge in [0.05, 0.1) is 32.4 Å². The fraction of sp³-hybridized carbons (Fsp3) is 0.462. The molecule has 0 spiro atoms. The molecule has 4 heteroatoms. The normalized spacial score (nSPS) is 9.53. The molecule has 0 saturated heterocycles. The molecular formula is C13H18N2O2. The van der Waals surface area contributed by atoms with E-state index >= 15 is 0 Å². The Bertz CT molecular complexity index is 399. The van der Waals surface area contributed by atoms with Crippen LogP contribution in [0.2, 0.25) is 0 Å². The number of ether oxygens (including phenoxy) is 2. The van der Waals surface area contributed by atoms with Gasteiger partial charge in [-0.05, 0) is 19.1 Å². The van der Waals surface area contributed by atoms with Gasteiger partial charge in [0.2, 0.25) is 0 Å². The van der Waals surface area contributed by atoms with Crippen LogP contribution in [0.1, 0.15) is 13.3 Å². The molecule has 0 radical (unpaired) electrons. The summed E-state index contributed by atoms with van der Waals surface area (Å²) in [5.74, 6) is 1.58. The van der Waals surface area contributed by atoms with Crippen LogP contribution in [-0.4, -0.2) is 27.3 Å². The van der Waals surface area contributed by atoms with Crippen LogP contribution in [0.5, 0.6) is 11.5 Å². The zero-order chi connectivity index (χ0) is 12.7. The van der Waals surface area contributed by atoms with E-state index < -0.39 is 0 Å². The topological polar surface area (TPSA) is 45.5 Å². The summed E-state index contributed by atoms with van der Waals surface area (Å²) in [5.41, 5.74) is 0.963. The summed E-state index contributed by atoms with van der Waals surface area (Å²) in [6.45, 7) is 3.57. The van der Waals surface area contributed by atoms with Crippen molar-refractivity contribution in [2.45, 2.75) is 13.3 Å². The molecule has 1 aromatic carbocycles. The molecule has 4 nitrogen and oxygen atoms in total. The lowest BCUT2D eigenvalue weighted by Crippen LogP contribution is -2.24. The van der Waals surface area contributed by atoms with Crippen molar-refractivity contribution < 1.29 is 9.47 Å². The second-order valence-electron chi connectivity index (χ2n) is 3.53. The largest absolute Gasteiger partial charge is 0.497 e. The van der Waals surface area contributed by atoms with Crippen molar-refractivity contribution in [2.24, 2.45) is 0 Å². The minimum absolute atomic E-state index is 0.494. The standard InChI is InChI=1S/C13H18N2O2/c1-4-15(9-5-8-14)12-10-11(16-2)6-7-13(12)17-3/h6-7,10H,4-5,9H2,1-3H3. The molecule has 1 rings (SSSR count). The van der Waals surface area contributed by atoms with Gasteiger partial charge in [-0.25, -0.2) is 0 Å². The fourth-order valence-electron chi connectivity index (χ4n) is 1.68. The third-order valence-electron chi connectivity index (χ3n) is 2.60. The van der Waals surface area contributed by atoms with Gasteiger partial charge < -0.3 is 14.4 Å². The Labute approximate surface area is 102 Å². The summed E-state index contributed by atoms with van der Waals surface area (Å²) in [6, 6.07) is 7.82. The van der Waals surface area contributed by atoms with Crippen LogP contribution in [0.3, 0.4) is 0 Å². The summed E-state index contributed by atoms with van der Waals surface area (Å²) < 4.78 is 10.5. The SMILES string of the molecule is CCN(CCC#N)c1cc(OC)ccc1OC. The van der Waals surface area contributed by atoms with Gasteiger partial charge in [-0.15, -0.1) is 0 Å². The van der Waals surface area contributed by atoms with Gasteiger partial charge in [0.15, 0.2) is 0 Å². The Morgan fingerprint density at radius 3 is 2.59 bits per heavy atom. The van der Waals surface area contributed by atoms with Crippen molar-refractivity contribution in [3.05, 3.63) is 18.2 Å². The number of nitrogens with zero attached hydrogens (tertiary/aromatic N) is 2.